The van der Waals surface area contributed by atoms with Gasteiger partial charge in [0.05, 0.1) is 23.6 Å². The molecule has 1 heterocycles. The van der Waals surface area contributed by atoms with Crippen LogP contribution in [0.3, 0.4) is 0 Å². The third kappa shape index (κ3) is 4.55. The number of rotatable bonds is 7. The van der Waals surface area contributed by atoms with Crippen molar-refractivity contribution in [1.29, 1.82) is 0 Å². The number of aryl methyl sites for hydroxylation is 2. The summed E-state index contributed by atoms with van der Waals surface area (Å²) in [6, 6.07) is 6.26. The molecule has 1 N–H and O–H groups in total. The van der Waals surface area contributed by atoms with Crippen molar-refractivity contribution >= 4 is 11.6 Å². The summed E-state index contributed by atoms with van der Waals surface area (Å²) in [5.74, 6) is -0.292. The quantitative estimate of drug-likeness (QED) is 0.843. The molecule has 2 aromatic rings. The molecule has 1 amide bonds. The molecule has 1 aromatic heterocycles. The monoisotopic (exact) mass is 334 g/mol. The van der Waals surface area contributed by atoms with E-state index >= 15 is 0 Å². The summed E-state index contributed by atoms with van der Waals surface area (Å²) in [6.45, 7) is 4.78. The Morgan fingerprint density at radius 1 is 1.38 bits per heavy atom. The van der Waals surface area contributed by atoms with E-state index in [1.54, 1.807) is 22.9 Å². The molecular formula is C17H23FN4O2. The first-order chi connectivity index (χ1) is 11.4. The number of benzene rings is 1. The standard InChI is InChI=1S/C17H23FN4O2/c1-12-17(13(2)22(4)20-12)19-16(23)11-21(3)9-10-24-15-8-6-5-7-14(15)18/h5-8H,9-11H2,1-4H3,(H,19,23). The van der Waals surface area contributed by atoms with Crippen LogP contribution in [0.15, 0.2) is 24.3 Å². The van der Waals surface area contributed by atoms with Crippen molar-refractivity contribution in [3.05, 3.63) is 41.5 Å². The number of para-hydroxylation sites is 1. The predicted octanol–water partition coefficient (Wildman–Crippen LogP) is 2.13. The maximum Gasteiger partial charge on any atom is 0.238 e. The van der Waals surface area contributed by atoms with Gasteiger partial charge >= 0.3 is 0 Å². The van der Waals surface area contributed by atoms with Crippen LogP contribution in [0.2, 0.25) is 0 Å². The van der Waals surface area contributed by atoms with Gasteiger partial charge in [0.25, 0.3) is 0 Å². The Balaban J connectivity index is 1.78. The Kier molecular flexibility index (Phi) is 5.92. The van der Waals surface area contributed by atoms with Crippen LogP contribution in [0.25, 0.3) is 0 Å². The fraction of sp³-hybridized carbons (Fsp3) is 0.412. The van der Waals surface area contributed by atoms with Crippen molar-refractivity contribution < 1.29 is 13.9 Å². The first-order valence-electron chi connectivity index (χ1n) is 7.74. The fourth-order valence-electron chi connectivity index (χ4n) is 2.33. The summed E-state index contributed by atoms with van der Waals surface area (Å²) in [5, 5.41) is 7.15. The second kappa shape index (κ2) is 7.92. The SMILES string of the molecule is Cc1nn(C)c(C)c1NC(=O)CN(C)CCOc1ccccc1F. The molecule has 24 heavy (non-hydrogen) atoms. The van der Waals surface area contributed by atoms with E-state index in [2.05, 4.69) is 10.4 Å². The number of halogens is 1. The summed E-state index contributed by atoms with van der Waals surface area (Å²) in [7, 11) is 3.65. The van der Waals surface area contributed by atoms with Crippen LogP contribution in [0, 0.1) is 19.7 Å². The zero-order valence-electron chi connectivity index (χ0n) is 14.5. The van der Waals surface area contributed by atoms with Gasteiger partial charge in [0, 0.05) is 13.6 Å². The third-order valence-corrected chi connectivity index (χ3v) is 3.75. The molecule has 7 heteroatoms. The van der Waals surface area contributed by atoms with E-state index in [4.69, 9.17) is 4.74 Å². The Hall–Kier alpha value is -2.41. The van der Waals surface area contributed by atoms with Crippen molar-refractivity contribution in [3.63, 3.8) is 0 Å². The molecule has 0 atom stereocenters. The second-order valence-electron chi connectivity index (χ2n) is 5.73. The lowest BCUT2D eigenvalue weighted by Crippen LogP contribution is -2.33. The molecule has 0 aliphatic carbocycles. The van der Waals surface area contributed by atoms with Gasteiger partial charge in [-0.05, 0) is 33.0 Å². The normalized spacial score (nSPS) is 10.9. The average molecular weight is 334 g/mol. The van der Waals surface area contributed by atoms with E-state index < -0.39 is 0 Å². The molecule has 0 saturated carbocycles. The second-order valence-corrected chi connectivity index (χ2v) is 5.73. The molecule has 2 rings (SSSR count). The van der Waals surface area contributed by atoms with Crippen molar-refractivity contribution in [2.24, 2.45) is 7.05 Å². The minimum absolute atomic E-state index is 0.123. The largest absolute Gasteiger partial charge is 0.489 e. The van der Waals surface area contributed by atoms with Crippen molar-refractivity contribution in [2.75, 3.05) is 32.1 Å². The lowest BCUT2D eigenvalue weighted by molar-refractivity contribution is -0.117. The molecule has 0 bridgehead atoms. The number of aromatic nitrogens is 2. The molecule has 0 aliphatic rings. The number of carbonyl (C=O) groups excluding carboxylic acids is 1. The molecule has 0 spiro atoms. The van der Waals surface area contributed by atoms with Gasteiger partial charge in [-0.25, -0.2) is 4.39 Å². The number of carbonyl (C=O) groups is 1. The Labute approximate surface area is 141 Å². The van der Waals surface area contributed by atoms with Crippen LogP contribution >= 0.6 is 0 Å². The van der Waals surface area contributed by atoms with E-state index in [-0.39, 0.29) is 24.0 Å². The van der Waals surface area contributed by atoms with Crippen molar-refractivity contribution in [2.45, 2.75) is 13.8 Å². The molecule has 0 unspecified atom stereocenters. The minimum Gasteiger partial charge on any atom is -0.489 e. The highest BCUT2D eigenvalue weighted by molar-refractivity contribution is 5.93. The highest BCUT2D eigenvalue weighted by Crippen LogP contribution is 2.18. The van der Waals surface area contributed by atoms with Crippen LogP contribution in [0.1, 0.15) is 11.4 Å². The zero-order chi connectivity index (χ0) is 17.7. The fourth-order valence-corrected chi connectivity index (χ4v) is 2.33. The van der Waals surface area contributed by atoms with E-state index in [9.17, 15) is 9.18 Å². The average Bonchev–Trinajstić information content (AvgIpc) is 2.75. The minimum atomic E-state index is -0.388. The number of nitrogens with zero attached hydrogens (tertiary/aromatic N) is 3. The lowest BCUT2D eigenvalue weighted by Gasteiger charge is -2.17. The van der Waals surface area contributed by atoms with E-state index in [0.29, 0.717) is 13.2 Å². The predicted molar refractivity (Wildman–Crippen MR) is 90.7 cm³/mol. The molecule has 0 fully saturated rings. The van der Waals surface area contributed by atoms with Gasteiger partial charge in [-0.1, -0.05) is 12.1 Å². The van der Waals surface area contributed by atoms with Gasteiger partial charge < -0.3 is 10.1 Å². The molecular weight excluding hydrogens is 311 g/mol. The number of nitrogens with one attached hydrogen (secondary N) is 1. The maximum absolute atomic E-state index is 13.4. The highest BCUT2D eigenvalue weighted by Gasteiger charge is 2.14. The molecule has 1 aromatic carbocycles. The van der Waals surface area contributed by atoms with E-state index in [1.165, 1.54) is 6.07 Å². The van der Waals surface area contributed by atoms with Gasteiger partial charge in [0.15, 0.2) is 11.6 Å². The van der Waals surface area contributed by atoms with Gasteiger partial charge in [0.2, 0.25) is 5.91 Å². The summed E-state index contributed by atoms with van der Waals surface area (Å²) in [4.78, 5) is 13.9. The zero-order valence-corrected chi connectivity index (χ0v) is 14.5. The van der Waals surface area contributed by atoms with Crippen molar-refractivity contribution in [1.82, 2.24) is 14.7 Å². The Morgan fingerprint density at radius 2 is 2.08 bits per heavy atom. The number of hydrogen-bond acceptors (Lipinski definition) is 4. The van der Waals surface area contributed by atoms with E-state index in [0.717, 1.165) is 17.1 Å². The van der Waals surface area contributed by atoms with Gasteiger partial charge in [-0.15, -0.1) is 0 Å². The summed E-state index contributed by atoms with van der Waals surface area (Å²) >= 11 is 0. The molecule has 0 saturated heterocycles. The van der Waals surface area contributed by atoms with E-state index in [1.807, 2.05) is 32.8 Å². The number of ether oxygens (including phenoxy) is 1. The first kappa shape index (κ1) is 17.9. The Morgan fingerprint density at radius 3 is 2.71 bits per heavy atom. The van der Waals surface area contributed by atoms with Crippen LogP contribution in [0.5, 0.6) is 5.75 Å². The molecule has 6 nitrogen and oxygen atoms in total. The lowest BCUT2D eigenvalue weighted by atomic mass is 10.3. The summed E-state index contributed by atoms with van der Waals surface area (Å²) in [5.41, 5.74) is 2.44. The van der Waals surface area contributed by atoms with Gasteiger partial charge in [-0.3, -0.25) is 14.4 Å². The molecule has 130 valence electrons. The topological polar surface area (TPSA) is 59.4 Å². The van der Waals surface area contributed by atoms with Gasteiger partial charge in [-0.2, -0.15) is 5.10 Å². The third-order valence-electron chi connectivity index (χ3n) is 3.75. The smallest absolute Gasteiger partial charge is 0.238 e. The number of likely N-dealkylation sites (N-methyl/N-ethyl adjacent to an activating group) is 1. The van der Waals surface area contributed by atoms with Crippen LogP contribution < -0.4 is 10.1 Å². The number of hydrogen-bond donors (Lipinski definition) is 1. The summed E-state index contributed by atoms with van der Waals surface area (Å²) < 4.78 is 20.6. The first-order valence-corrected chi connectivity index (χ1v) is 7.74. The number of anilines is 1. The highest BCUT2D eigenvalue weighted by atomic mass is 19.1. The van der Waals surface area contributed by atoms with Crippen LogP contribution in [-0.2, 0) is 11.8 Å². The number of amides is 1. The Bertz CT molecular complexity index is 715. The maximum atomic E-state index is 13.4. The van der Waals surface area contributed by atoms with Crippen LogP contribution in [0.4, 0.5) is 10.1 Å². The summed E-state index contributed by atoms with van der Waals surface area (Å²) in [6.07, 6.45) is 0. The molecule has 0 radical (unpaired) electrons. The van der Waals surface area contributed by atoms with Crippen molar-refractivity contribution in [3.8, 4) is 5.75 Å². The van der Waals surface area contributed by atoms with Crippen LogP contribution in [-0.4, -0.2) is 47.3 Å². The molecule has 0 aliphatic heterocycles. The van der Waals surface area contributed by atoms with Gasteiger partial charge in [0.1, 0.15) is 6.61 Å².